The number of methoxy groups -OCH3 is 1. The van der Waals surface area contributed by atoms with Gasteiger partial charge < -0.3 is 19.3 Å². The molecule has 2 aromatic carbocycles. The summed E-state index contributed by atoms with van der Waals surface area (Å²) in [5.74, 6) is 1.93. The van der Waals surface area contributed by atoms with E-state index in [9.17, 15) is 4.79 Å². The minimum Gasteiger partial charge on any atom is -0.496 e. The molecule has 1 fully saturated rings. The van der Waals surface area contributed by atoms with E-state index in [0.717, 1.165) is 54.3 Å². The highest BCUT2D eigenvalue weighted by Gasteiger charge is 2.27. The lowest BCUT2D eigenvalue weighted by molar-refractivity contribution is 0.0933. The van der Waals surface area contributed by atoms with E-state index in [1.54, 1.807) is 13.2 Å². The van der Waals surface area contributed by atoms with Gasteiger partial charge in [0.1, 0.15) is 23.9 Å². The molecule has 3 aromatic rings. The molecular weight excluding hydrogens is 418 g/mol. The summed E-state index contributed by atoms with van der Waals surface area (Å²) in [5, 5.41) is 7.10. The average molecular weight is 450 g/mol. The van der Waals surface area contributed by atoms with Gasteiger partial charge in [0.05, 0.1) is 30.0 Å². The fraction of sp³-hybridized carbons (Fsp3) is 0.385. The lowest BCUT2D eigenvalue weighted by atomic mass is 10.0. The molecule has 1 N–H and O–H groups in total. The van der Waals surface area contributed by atoms with Crippen molar-refractivity contribution in [2.24, 2.45) is 0 Å². The van der Waals surface area contributed by atoms with Crippen molar-refractivity contribution in [1.82, 2.24) is 15.4 Å². The second-order valence-electron chi connectivity index (χ2n) is 8.30. The van der Waals surface area contributed by atoms with Crippen LogP contribution in [0.15, 0.2) is 53.1 Å². The molecule has 0 saturated carbocycles. The maximum Gasteiger partial charge on any atom is 0.255 e. The molecule has 7 heteroatoms. The molecule has 0 radical (unpaired) electrons. The molecule has 2 heterocycles. The van der Waals surface area contributed by atoms with Crippen LogP contribution in [-0.2, 0) is 6.61 Å². The highest BCUT2D eigenvalue weighted by molar-refractivity contribution is 5.96. The molecule has 0 bridgehead atoms. The number of nitrogens with one attached hydrogen (secondary N) is 1. The van der Waals surface area contributed by atoms with Gasteiger partial charge in [-0.2, -0.15) is 0 Å². The molecular formula is C26H31N3O4. The number of nitrogens with zero attached hydrogens (tertiary/aromatic N) is 2. The molecule has 33 heavy (non-hydrogen) atoms. The standard InChI is InChI=1S/C26H31N3O4/c1-18-22(19(2)33-28-18)17-32-25-13-7-5-11-21(25)26(30)27-16-23(29-14-8-9-15-29)20-10-4-6-12-24(20)31-3/h4-7,10-13,23H,8-9,14-17H2,1-3H3,(H,27,30). The van der Waals surface area contributed by atoms with Gasteiger partial charge in [-0.25, -0.2) is 0 Å². The Balaban J connectivity index is 1.49. The van der Waals surface area contributed by atoms with Gasteiger partial charge >= 0.3 is 0 Å². The predicted octanol–water partition coefficient (Wildman–Crippen LogP) is 4.45. The molecule has 1 aromatic heterocycles. The van der Waals surface area contributed by atoms with Crippen molar-refractivity contribution >= 4 is 5.91 Å². The molecule has 1 unspecified atom stereocenters. The Hall–Kier alpha value is -3.32. The van der Waals surface area contributed by atoms with Crippen LogP contribution in [0, 0.1) is 13.8 Å². The summed E-state index contributed by atoms with van der Waals surface area (Å²) in [6.07, 6.45) is 2.33. The van der Waals surface area contributed by atoms with E-state index in [-0.39, 0.29) is 11.9 Å². The van der Waals surface area contributed by atoms with E-state index in [2.05, 4.69) is 21.4 Å². The number of carbonyl (C=O) groups excluding carboxylic acids is 1. The van der Waals surface area contributed by atoms with E-state index < -0.39 is 0 Å². The normalized spacial score (nSPS) is 14.8. The second-order valence-corrected chi connectivity index (χ2v) is 8.30. The topological polar surface area (TPSA) is 76.8 Å². The molecule has 1 saturated heterocycles. The van der Waals surface area contributed by atoms with Gasteiger partial charge in [0.15, 0.2) is 0 Å². The molecule has 1 aliphatic heterocycles. The van der Waals surface area contributed by atoms with Crippen LogP contribution in [0.5, 0.6) is 11.5 Å². The van der Waals surface area contributed by atoms with Gasteiger partial charge in [-0.15, -0.1) is 0 Å². The third-order valence-corrected chi connectivity index (χ3v) is 6.22. The van der Waals surface area contributed by atoms with Crippen LogP contribution in [0.3, 0.4) is 0 Å². The SMILES string of the molecule is COc1ccccc1C(CNC(=O)c1ccccc1OCc1c(C)noc1C)N1CCCC1. The van der Waals surface area contributed by atoms with Gasteiger partial charge in [0.25, 0.3) is 5.91 Å². The Morgan fingerprint density at radius 2 is 1.79 bits per heavy atom. The number of amides is 1. The maximum atomic E-state index is 13.2. The Bertz CT molecular complexity index is 1070. The number of para-hydroxylation sites is 2. The number of carbonyl (C=O) groups is 1. The van der Waals surface area contributed by atoms with Crippen molar-refractivity contribution in [2.75, 3.05) is 26.7 Å². The van der Waals surface area contributed by atoms with E-state index in [4.69, 9.17) is 14.0 Å². The first-order valence-electron chi connectivity index (χ1n) is 11.4. The summed E-state index contributed by atoms with van der Waals surface area (Å²) >= 11 is 0. The third kappa shape index (κ3) is 5.20. The Labute approximate surface area is 194 Å². The first kappa shape index (κ1) is 22.9. The highest BCUT2D eigenvalue weighted by Crippen LogP contribution is 2.31. The number of ether oxygens (including phenoxy) is 2. The average Bonchev–Trinajstić information content (AvgIpc) is 3.48. The van der Waals surface area contributed by atoms with Crippen molar-refractivity contribution in [3.63, 3.8) is 0 Å². The van der Waals surface area contributed by atoms with Crippen LogP contribution in [0.4, 0.5) is 0 Å². The van der Waals surface area contributed by atoms with Crippen molar-refractivity contribution in [1.29, 1.82) is 0 Å². The molecule has 174 valence electrons. The van der Waals surface area contributed by atoms with E-state index in [0.29, 0.717) is 24.5 Å². The molecule has 0 aliphatic carbocycles. The lowest BCUT2D eigenvalue weighted by Gasteiger charge is -2.29. The zero-order chi connectivity index (χ0) is 23.2. The lowest BCUT2D eigenvalue weighted by Crippen LogP contribution is -2.37. The first-order chi connectivity index (χ1) is 16.1. The monoisotopic (exact) mass is 449 g/mol. The van der Waals surface area contributed by atoms with Crippen LogP contribution >= 0.6 is 0 Å². The largest absolute Gasteiger partial charge is 0.496 e. The minimum absolute atomic E-state index is 0.0444. The minimum atomic E-state index is -0.163. The fourth-order valence-electron chi connectivity index (χ4n) is 4.35. The number of likely N-dealkylation sites (tertiary alicyclic amines) is 1. The van der Waals surface area contributed by atoms with Crippen LogP contribution in [0.1, 0.15) is 51.8 Å². The smallest absolute Gasteiger partial charge is 0.255 e. The van der Waals surface area contributed by atoms with Crippen molar-refractivity contribution in [3.8, 4) is 11.5 Å². The maximum absolute atomic E-state index is 13.2. The summed E-state index contributed by atoms with van der Waals surface area (Å²) in [6, 6.07) is 15.4. The predicted molar refractivity (Wildman–Crippen MR) is 126 cm³/mol. The molecule has 1 aliphatic rings. The number of hydrogen-bond acceptors (Lipinski definition) is 6. The van der Waals surface area contributed by atoms with Gasteiger partial charge in [-0.3, -0.25) is 9.69 Å². The van der Waals surface area contributed by atoms with Gasteiger partial charge in [0.2, 0.25) is 0 Å². The van der Waals surface area contributed by atoms with Gasteiger partial charge in [-0.05, 0) is 58.0 Å². The van der Waals surface area contributed by atoms with Crippen molar-refractivity contribution in [3.05, 3.63) is 76.7 Å². The Morgan fingerprint density at radius 1 is 1.09 bits per heavy atom. The van der Waals surface area contributed by atoms with E-state index in [1.807, 2.05) is 50.2 Å². The summed E-state index contributed by atoms with van der Waals surface area (Å²) in [5.41, 5.74) is 3.28. The number of aryl methyl sites for hydroxylation is 2. The quantitative estimate of drug-likeness (QED) is 0.520. The summed E-state index contributed by atoms with van der Waals surface area (Å²) in [6.45, 7) is 6.53. The van der Waals surface area contributed by atoms with Crippen molar-refractivity contribution < 1.29 is 18.8 Å². The van der Waals surface area contributed by atoms with E-state index >= 15 is 0 Å². The Morgan fingerprint density at radius 3 is 2.48 bits per heavy atom. The van der Waals surface area contributed by atoms with Gasteiger partial charge in [-0.1, -0.05) is 35.5 Å². The second kappa shape index (κ2) is 10.5. The van der Waals surface area contributed by atoms with Crippen LogP contribution in [0.25, 0.3) is 0 Å². The zero-order valence-electron chi connectivity index (χ0n) is 19.5. The van der Waals surface area contributed by atoms with E-state index in [1.165, 1.54) is 0 Å². The Kier molecular flexibility index (Phi) is 7.29. The summed E-state index contributed by atoms with van der Waals surface area (Å²) in [4.78, 5) is 15.6. The molecule has 4 rings (SSSR count). The summed E-state index contributed by atoms with van der Waals surface area (Å²) in [7, 11) is 1.69. The van der Waals surface area contributed by atoms with Crippen LogP contribution < -0.4 is 14.8 Å². The molecule has 0 spiro atoms. The van der Waals surface area contributed by atoms with Gasteiger partial charge in [0, 0.05) is 12.1 Å². The van der Waals surface area contributed by atoms with Crippen molar-refractivity contribution in [2.45, 2.75) is 39.3 Å². The van der Waals surface area contributed by atoms with Crippen LogP contribution in [-0.4, -0.2) is 42.7 Å². The third-order valence-electron chi connectivity index (χ3n) is 6.22. The number of hydrogen-bond donors (Lipinski definition) is 1. The van der Waals surface area contributed by atoms with Crippen LogP contribution in [0.2, 0.25) is 0 Å². The zero-order valence-corrected chi connectivity index (χ0v) is 19.5. The highest BCUT2D eigenvalue weighted by atomic mass is 16.5. The number of rotatable bonds is 9. The molecule has 1 atom stereocenters. The molecule has 1 amide bonds. The first-order valence-corrected chi connectivity index (χ1v) is 11.4. The number of benzene rings is 2. The fourth-order valence-corrected chi connectivity index (χ4v) is 4.35. The molecule has 7 nitrogen and oxygen atoms in total. The number of aromatic nitrogens is 1. The summed E-state index contributed by atoms with van der Waals surface area (Å²) < 4.78 is 16.8.